The second-order valence-electron chi connectivity index (χ2n) is 6.69. The molecule has 0 saturated heterocycles. The van der Waals surface area contributed by atoms with E-state index < -0.39 is 16.3 Å². The summed E-state index contributed by atoms with van der Waals surface area (Å²) in [4.78, 5) is 46.2. The zero-order valence-electron chi connectivity index (χ0n) is 16.2. The van der Waals surface area contributed by atoms with Crippen LogP contribution in [0.4, 0.5) is 10.8 Å². The number of amides is 1. The zero-order valence-corrected chi connectivity index (χ0v) is 17.8. The average Bonchev–Trinajstić information content (AvgIpc) is 3.54. The molecule has 0 radical (unpaired) electrons. The van der Waals surface area contributed by atoms with Gasteiger partial charge in [-0.2, -0.15) is 0 Å². The molecule has 0 spiro atoms. The average molecular weight is 474 g/mol. The van der Waals surface area contributed by atoms with Crippen LogP contribution in [0.15, 0.2) is 50.1 Å². The van der Waals surface area contributed by atoms with Crippen LogP contribution in [-0.2, 0) is 10.5 Å². The van der Waals surface area contributed by atoms with Crippen LogP contribution in [0.3, 0.4) is 0 Å². The molecule has 2 heterocycles. The summed E-state index contributed by atoms with van der Waals surface area (Å²) in [6.45, 7) is 0. The van der Waals surface area contributed by atoms with Crippen molar-refractivity contribution in [2.24, 2.45) is 5.92 Å². The van der Waals surface area contributed by atoms with Crippen molar-refractivity contribution in [3.05, 3.63) is 68.3 Å². The van der Waals surface area contributed by atoms with Gasteiger partial charge >= 0.3 is 5.97 Å². The van der Waals surface area contributed by atoms with E-state index in [9.17, 15) is 24.5 Å². The summed E-state index contributed by atoms with van der Waals surface area (Å²) in [6.07, 6.45) is 2.82. The summed E-state index contributed by atoms with van der Waals surface area (Å²) in [5.41, 5.74) is -0.678. The smallest absolute Gasteiger partial charge is 0.343 e. The number of anilines is 1. The van der Waals surface area contributed by atoms with Crippen LogP contribution in [0.25, 0.3) is 0 Å². The molecule has 13 heteroatoms. The van der Waals surface area contributed by atoms with Crippen LogP contribution in [0.2, 0.25) is 0 Å². The zero-order chi connectivity index (χ0) is 22.7. The molecule has 1 saturated carbocycles. The molecule has 4 rings (SSSR count). The highest BCUT2D eigenvalue weighted by Crippen LogP contribution is 2.32. The third kappa shape index (κ3) is 5.36. The van der Waals surface area contributed by atoms with E-state index >= 15 is 0 Å². The van der Waals surface area contributed by atoms with Gasteiger partial charge in [-0.05, 0) is 25.0 Å². The molecule has 164 valence electrons. The van der Waals surface area contributed by atoms with E-state index in [0.29, 0.717) is 15.2 Å². The second-order valence-corrected chi connectivity index (χ2v) is 8.89. The Kier molecular flexibility index (Phi) is 6.28. The van der Waals surface area contributed by atoms with Gasteiger partial charge in [0.15, 0.2) is 4.34 Å². The van der Waals surface area contributed by atoms with E-state index in [1.807, 2.05) is 0 Å². The Balaban J connectivity index is 1.33. The van der Waals surface area contributed by atoms with Gasteiger partial charge in [-0.1, -0.05) is 23.1 Å². The minimum atomic E-state index is -0.844. The number of nitro benzene ring substituents is 1. The number of carbonyl (C=O) groups is 2. The van der Waals surface area contributed by atoms with Crippen molar-refractivity contribution in [3.63, 3.8) is 0 Å². The highest BCUT2D eigenvalue weighted by Gasteiger charge is 2.30. The number of thioether (sulfide) groups is 1. The highest BCUT2D eigenvalue weighted by molar-refractivity contribution is 8.00. The molecule has 3 aromatic rings. The first-order chi connectivity index (χ1) is 15.4. The monoisotopic (exact) mass is 474 g/mol. The Bertz CT molecular complexity index is 1230. The normalized spacial score (nSPS) is 12.9. The number of rotatable bonds is 8. The lowest BCUT2D eigenvalue weighted by atomic mass is 10.2. The van der Waals surface area contributed by atoms with Crippen molar-refractivity contribution >= 4 is 45.8 Å². The summed E-state index contributed by atoms with van der Waals surface area (Å²) in [5, 5.41) is 21.7. The predicted octanol–water partition coefficient (Wildman–Crippen LogP) is 3.26. The number of aromatic nitrogens is 2. The van der Waals surface area contributed by atoms with E-state index in [0.717, 1.165) is 31.2 Å². The van der Waals surface area contributed by atoms with Gasteiger partial charge in [-0.3, -0.25) is 19.7 Å². The van der Waals surface area contributed by atoms with E-state index in [1.54, 1.807) is 0 Å². The van der Waals surface area contributed by atoms with Crippen molar-refractivity contribution in [2.45, 2.75) is 22.9 Å². The maximum Gasteiger partial charge on any atom is 0.343 e. The van der Waals surface area contributed by atoms with Gasteiger partial charge in [0, 0.05) is 24.1 Å². The number of esters is 1. The van der Waals surface area contributed by atoms with Crippen molar-refractivity contribution in [1.82, 2.24) is 10.2 Å². The van der Waals surface area contributed by atoms with E-state index in [4.69, 9.17) is 9.15 Å². The lowest BCUT2D eigenvalue weighted by Crippen LogP contribution is -2.14. The maximum atomic E-state index is 12.2. The number of hydrogen-bond acceptors (Lipinski definition) is 11. The fourth-order valence-corrected chi connectivity index (χ4v) is 4.12. The first-order valence-corrected chi connectivity index (χ1v) is 11.0. The Morgan fingerprint density at radius 3 is 2.69 bits per heavy atom. The molecule has 0 atom stereocenters. The molecular formula is C19H14N4O7S2. The maximum absolute atomic E-state index is 12.2. The van der Waals surface area contributed by atoms with Crippen molar-refractivity contribution in [2.75, 3.05) is 5.32 Å². The summed E-state index contributed by atoms with van der Waals surface area (Å²) >= 11 is 2.49. The first-order valence-electron chi connectivity index (χ1n) is 9.24. The van der Waals surface area contributed by atoms with Crippen LogP contribution in [-0.4, -0.2) is 27.0 Å². The topological polar surface area (TPSA) is 155 Å². The molecule has 1 aliphatic rings. The Hall–Kier alpha value is -3.58. The molecule has 0 unspecified atom stereocenters. The fourth-order valence-electron chi connectivity index (χ4n) is 2.47. The number of nitrogens with one attached hydrogen (secondary N) is 1. The molecular weight excluding hydrogens is 460 g/mol. The fraction of sp³-hybridized carbons (Fsp3) is 0.211. The van der Waals surface area contributed by atoms with Crippen LogP contribution in [0.5, 0.6) is 5.75 Å². The molecule has 1 amide bonds. The van der Waals surface area contributed by atoms with Gasteiger partial charge < -0.3 is 14.5 Å². The number of nitrogens with zero attached hydrogens (tertiary/aromatic N) is 3. The molecule has 0 bridgehead atoms. The van der Waals surface area contributed by atoms with E-state index in [-0.39, 0.29) is 34.6 Å². The van der Waals surface area contributed by atoms with Gasteiger partial charge in [-0.15, -0.1) is 10.2 Å². The van der Waals surface area contributed by atoms with Crippen molar-refractivity contribution < 1.29 is 23.7 Å². The Labute approximate surface area is 188 Å². The van der Waals surface area contributed by atoms with Gasteiger partial charge in [0.05, 0.1) is 16.2 Å². The number of hydrogen-bond donors (Lipinski definition) is 1. The molecule has 1 aliphatic carbocycles. The lowest BCUT2D eigenvalue weighted by Gasteiger charge is -2.04. The SMILES string of the molecule is O=C(Oc1coc(CSc2nnc(NC(=O)C3CC3)s2)cc1=O)c1ccc([N+](=O)[O-])cc1. The lowest BCUT2D eigenvalue weighted by molar-refractivity contribution is -0.384. The van der Waals surface area contributed by atoms with Crippen LogP contribution in [0.1, 0.15) is 29.0 Å². The number of carbonyl (C=O) groups excluding carboxylic acids is 2. The third-order valence-corrected chi connectivity index (χ3v) is 6.29. The predicted molar refractivity (Wildman–Crippen MR) is 114 cm³/mol. The number of ether oxygens (including phenoxy) is 1. The minimum Gasteiger partial charge on any atom is -0.464 e. The largest absolute Gasteiger partial charge is 0.464 e. The van der Waals surface area contributed by atoms with Gasteiger partial charge in [0.2, 0.25) is 22.2 Å². The van der Waals surface area contributed by atoms with E-state index in [2.05, 4.69) is 15.5 Å². The van der Waals surface area contributed by atoms with Gasteiger partial charge in [-0.25, -0.2) is 4.79 Å². The standard InChI is InChI=1S/C19H14N4O7S2/c24-14-7-13(9-31-19-22-21-18(32-19)20-16(25)10-1-2-10)29-8-15(14)30-17(26)11-3-5-12(6-4-11)23(27)28/h3-8,10H,1-2,9H2,(H,20,21,25). The van der Waals surface area contributed by atoms with Crippen LogP contribution >= 0.6 is 23.1 Å². The second kappa shape index (κ2) is 9.28. The molecule has 1 aromatic carbocycles. The number of non-ortho nitro benzene ring substituents is 1. The Morgan fingerprint density at radius 1 is 1.28 bits per heavy atom. The molecule has 1 N–H and O–H groups in total. The van der Waals surface area contributed by atoms with Gasteiger partial charge in [0.25, 0.3) is 5.69 Å². The third-order valence-electron chi connectivity index (χ3n) is 4.29. The summed E-state index contributed by atoms with van der Waals surface area (Å²) < 4.78 is 11.0. The first kappa shape index (κ1) is 21.6. The summed E-state index contributed by atoms with van der Waals surface area (Å²) in [7, 11) is 0. The van der Waals surface area contributed by atoms with E-state index in [1.165, 1.54) is 41.3 Å². The highest BCUT2D eigenvalue weighted by atomic mass is 32.2. The van der Waals surface area contributed by atoms with Crippen LogP contribution < -0.4 is 15.5 Å². The van der Waals surface area contributed by atoms with Crippen molar-refractivity contribution in [3.8, 4) is 5.75 Å². The van der Waals surface area contributed by atoms with Crippen LogP contribution in [0, 0.1) is 16.0 Å². The Morgan fingerprint density at radius 2 is 2.03 bits per heavy atom. The molecule has 2 aromatic heterocycles. The number of nitro groups is 1. The summed E-state index contributed by atoms with van der Waals surface area (Å²) in [5.74, 6) is -0.530. The number of benzene rings is 1. The molecule has 32 heavy (non-hydrogen) atoms. The molecule has 0 aliphatic heterocycles. The minimum absolute atomic E-state index is 0.0514. The molecule has 1 fully saturated rings. The molecule has 11 nitrogen and oxygen atoms in total. The van der Waals surface area contributed by atoms with Crippen molar-refractivity contribution in [1.29, 1.82) is 0 Å². The quantitative estimate of drug-likeness (QED) is 0.169. The van der Waals surface area contributed by atoms with Gasteiger partial charge in [0.1, 0.15) is 12.0 Å². The summed E-state index contributed by atoms with van der Waals surface area (Å²) in [6, 6.07) is 5.99.